The van der Waals surface area contributed by atoms with Gasteiger partial charge in [0.15, 0.2) is 0 Å². The minimum Gasteiger partial charge on any atom is -0.465 e. The number of hydrogen-bond acceptors (Lipinski definition) is 3. The number of carboxylic acid groups (broad SMARTS) is 1. The minimum absolute atomic E-state index is 0.100. The third-order valence-electron chi connectivity index (χ3n) is 4.33. The number of anilines is 1. The first-order chi connectivity index (χ1) is 11.6. The number of benzene rings is 1. The van der Waals surface area contributed by atoms with Gasteiger partial charge in [0, 0.05) is 26.3 Å². The summed E-state index contributed by atoms with van der Waals surface area (Å²) in [5.74, 6) is 0.153. The molecule has 0 saturated carbocycles. The van der Waals surface area contributed by atoms with E-state index >= 15 is 0 Å². The maximum Gasteiger partial charge on any atom is 0.407 e. The van der Waals surface area contributed by atoms with Gasteiger partial charge in [-0.1, -0.05) is 30.3 Å². The average Bonchev–Trinajstić information content (AvgIpc) is 3.12. The van der Waals surface area contributed by atoms with E-state index in [1.54, 1.807) is 13.2 Å². The molecule has 1 aromatic carbocycles. The van der Waals surface area contributed by atoms with Gasteiger partial charge >= 0.3 is 6.09 Å². The van der Waals surface area contributed by atoms with E-state index in [2.05, 4.69) is 4.98 Å². The van der Waals surface area contributed by atoms with Crippen LogP contribution in [0.1, 0.15) is 6.42 Å². The first kappa shape index (κ1) is 16.0. The standard InChI is InChI=1S/C18H19N3O3/c1-20(17(22)15-8-10-21(12-15)18(23)24)16-11-14(7-9-19-16)13-5-3-2-4-6-13/h2-7,9,11,15H,8,10,12H2,1H3,(H,23,24)/t15-/m0/s1. The lowest BCUT2D eigenvalue weighted by atomic mass is 10.1. The summed E-state index contributed by atoms with van der Waals surface area (Å²) in [5, 5.41) is 9.02. The summed E-state index contributed by atoms with van der Waals surface area (Å²) in [7, 11) is 1.68. The van der Waals surface area contributed by atoms with Crippen LogP contribution in [-0.4, -0.2) is 47.1 Å². The normalized spacial score (nSPS) is 16.9. The van der Waals surface area contributed by atoms with Crippen LogP contribution in [-0.2, 0) is 4.79 Å². The molecular formula is C18H19N3O3. The third-order valence-corrected chi connectivity index (χ3v) is 4.33. The van der Waals surface area contributed by atoms with Gasteiger partial charge in [-0.05, 0) is 29.7 Å². The van der Waals surface area contributed by atoms with Gasteiger partial charge in [-0.2, -0.15) is 0 Å². The van der Waals surface area contributed by atoms with Crippen LogP contribution < -0.4 is 4.90 Å². The van der Waals surface area contributed by atoms with Crippen molar-refractivity contribution in [2.24, 2.45) is 5.92 Å². The SMILES string of the molecule is CN(C(=O)[C@H]1CCN(C(=O)O)C1)c1cc(-c2ccccc2)ccn1. The summed E-state index contributed by atoms with van der Waals surface area (Å²) in [4.78, 5) is 30.7. The second-order valence-electron chi connectivity index (χ2n) is 5.88. The van der Waals surface area contributed by atoms with Crippen molar-refractivity contribution in [1.82, 2.24) is 9.88 Å². The molecule has 24 heavy (non-hydrogen) atoms. The van der Waals surface area contributed by atoms with Gasteiger partial charge in [-0.25, -0.2) is 9.78 Å². The third kappa shape index (κ3) is 3.22. The fraction of sp³-hybridized carbons (Fsp3) is 0.278. The van der Waals surface area contributed by atoms with Gasteiger partial charge in [0.2, 0.25) is 5.91 Å². The zero-order valence-electron chi connectivity index (χ0n) is 13.4. The summed E-state index contributed by atoms with van der Waals surface area (Å²) in [6, 6.07) is 13.7. The Balaban J connectivity index is 1.77. The number of carbonyl (C=O) groups excluding carboxylic acids is 1. The molecule has 1 aliphatic rings. The number of aromatic nitrogens is 1. The number of hydrogen-bond donors (Lipinski definition) is 1. The van der Waals surface area contributed by atoms with Crippen LogP contribution in [0.4, 0.5) is 10.6 Å². The molecular weight excluding hydrogens is 306 g/mol. The Morgan fingerprint density at radius 1 is 1.21 bits per heavy atom. The second-order valence-corrected chi connectivity index (χ2v) is 5.88. The number of rotatable bonds is 3. The molecule has 6 heteroatoms. The van der Waals surface area contributed by atoms with Gasteiger partial charge in [-0.15, -0.1) is 0 Å². The lowest BCUT2D eigenvalue weighted by molar-refractivity contribution is -0.121. The number of amides is 2. The topological polar surface area (TPSA) is 73.7 Å². The summed E-state index contributed by atoms with van der Waals surface area (Å²) in [6.45, 7) is 0.647. The van der Waals surface area contributed by atoms with Crippen LogP contribution in [0, 0.1) is 5.92 Å². The molecule has 0 radical (unpaired) electrons. The van der Waals surface area contributed by atoms with Gasteiger partial charge in [0.05, 0.1) is 5.92 Å². The Morgan fingerprint density at radius 3 is 2.62 bits per heavy atom. The molecule has 0 aliphatic carbocycles. The van der Waals surface area contributed by atoms with E-state index in [0.717, 1.165) is 11.1 Å². The molecule has 1 atom stereocenters. The van der Waals surface area contributed by atoms with Crippen LogP contribution >= 0.6 is 0 Å². The van der Waals surface area contributed by atoms with Gasteiger partial charge < -0.3 is 10.0 Å². The van der Waals surface area contributed by atoms with Crippen LogP contribution in [0.15, 0.2) is 48.7 Å². The summed E-state index contributed by atoms with van der Waals surface area (Å²) < 4.78 is 0. The predicted octanol–water partition coefficient (Wildman–Crippen LogP) is 2.71. The molecule has 1 saturated heterocycles. The van der Waals surface area contributed by atoms with Gasteiger partial charge in [-0.3, -0.25) is 9.69 Å². The van der Waals surface area contributed by atoms with E-state index in [4.69, 9.17) is 5.11 Å². The molecule has 0 spiro atoms. The molecule has 0 unspecified atom stereocenters. The van der Waals surface area contributed by atoms with Crippen molar-refractivity contribution in [3.8, 4) is 11.1 Å². The first-order valence-electron chi connectivity index (χ1n) is 7.83. The second kappa shape index (κ2) is 6.70. The molecule has 1 N–H and O–H groups in total. The van der Waals surface area contributed by atoms with Gasteiger partial charge in [0.25, 0.3) is 0 Å². The van der Waals surface area contributed by atoms with Crippen molar-refractivity contribution >= 4 is 17.8 Å². The molecule has 0 bridgehead atoms. The number of pyridine rings is 1. The summed E-state index contributed by atoms with van der Waals surface area (Å²) in [5.41, 5.74) is 2.04. The van der Waals surface area contributed by atoms with E-state index in [1.165, 1.54) is 9.80 Å². The Morgan fingerprint density at radius 2 is 1.96 bits per heavy atom. The lowest BCUT2D eigenvalue weighted by Crippen LogP contribution is -2.36. The number of likely N-dealkylation sites (tertiary alicyclic amines) is 1. The molecule has 2 heterocycles. The molecule has 1 aliphatic heterocycles. The Labute approximate surface area is 140 Å². The molecule has 2 aromatic rings. The quantitative estimate of drug-likeness (QED) is 0.941. The number of carbonyl (C=O) groups is 2. The smallest absolute Gasteiger partial charge is 0.407 e. The van der Waals surface area contributed by atoms with E-state index in [0.29, 0.717) is 18.8 Å². The fourth-order valence-electron chi connectivity index (χ4n) is 2.93. The Kier molecular flexibility index (Phi) is 4.46. The highest BCUT2D eigenvalue weighted by Crippen LogP contribution is 2.25. The zero-order valence-corrected chi connectivity index (χ0v) is 13.4. The maximum atomic E-state index is 12.6. The van der Waals surface area contributed by atoms with E-state index in [-0.39, 0.29) is 18.4 Å². The maximum absolute atomic E-state index is 12.6. The Bertz CT molecular complexity index is 748. The number of nitrogens with zero attached hydrogens (tertiary/aromatic N) is 3. The van der Waals surface area contributed by atoms with Crippen molar-refractivity contribution < 1.29 is 14.7 Å². The molecule has 124 valence electrons. The van der Waals surface area contributed by atoms with Crippen molar-refractivity contribution in [1.29, 1.82) is 0 Å². The van der Waals surface area contributed by atoms with Crippen LogP contribution in [0.5, 0.6) is 0 Å². The van der Waals surface area contributed by atoms with Crippen LogP contribution in [0.25, 0.3) is 11.1 Å². The van der Waals surface area contributed by atoms with Gasteiger partial charge in [0.1, 0.15) is 5.82 Å². The molecule has 1 aromatic heterocycles. The average molecular weight is 325 g/mol. The summed E-state index contributed by atoms with van der Waals surface area (Å²) >= 11 is 0. The lowest BCUT2D eigenvalue weighted by Gasteiger charge is -2.20. The molecule has 2 amide bonds. The largest absolute Gasteiger partial charge is 0.465 e. The minimum atomic E-state index is -0.975. The van der Waals surface area contributed by atoms with Crippen LogP contribution in [0.2, 0.25) is 0 Å². The van der Waals surface area contributed by atoms with E-state index in [1.807, 2.05) is 42.5 Å². The summed E-state index contributed by atoms with van der Waals surface area (Å²) in [6.07, 6.45) is 1.25. The van der Waals surface area contributed by atoms with Crippen molar-refractivity contribution in [3.05, 3.63) is 48.7 Å². The Hall–Kier alpha value is -2.89. The highest BCUT2D eigenvalue weighted by Gasteiger charge is 2.33. The highest BCUT2D eigenvalue weighted by atomic mass is 16.4. The van der Waals surface area contributed by atoms with E-state index < -0.39 is 6.09 Å². The molecule has 3 rings (SSSR count). The van der Waals surface area contributed by atoms with E-state index in [9.17, 15) is 9.59 Å². The molecule has 6 nitrogen and oxygen atoms in total. The zero-order chi connectivity index (χ0) is 17.1. The first-order valence-corrected chi connectivity index (χ1v) is 7.83. The monoisotopic (exact) mass is 325 g/mol. The molecule has 1 fully saturated rings. The van der Waals surface area contributed by atoms with Crippen molar-refractivity contribution in [2.75, 3.05) is 25.0 Å². The fourth-order valence-corrected chi connectivity index (χ4v) is 2.93. The van der Waals surface area contributed by atoms with Crippen molar-refractivity contribution in [3.63, 3.8) is 0 Å². The predicted molar refractivity (Wildman–Crippen MR) is 90.8 cm³/mol. The highest BCUT2D eigenvalue weighted by molar-refractivity contribution is 5.94. The van der Waals surface area contributed by atoms with Crippen LogP contribution in [0.3, 0.4) is 0 Å². The van der Waals surface area contributed by atoms with Crippen molar-refractivity contribution in [2.45, 2.75) is 6.42 Å².